The third-order valence-electron chi connectivity index (χ3n) is 5.60. The van der Waals surface area contributed by atoms with E-state index in [1.807, 2.05) is 0 Å². The van der Waals surface area contributed by atoms with E-state index in [-0.39, 0.29) is 45.2 Å². The zero-order chi connectivity index (χ0) is 27.2. The second kappa shape index (κ2) is 7.62. The Bertz CT molecular complexity index is 2050. The molecule has 0 amide bonds. The van der Waals surface area contributed by atoms with Crippen LogP contribution in [0.1, 0.15) is 5.56 Å². The van der Waals surface area contributed by atoms with E-state index in [0.29, 0.717) is 0 Å². The van der Waals surface area contributed by atoms with Gasteiger partial charge in [0.15, 0.2) is 42.5 Å². The van der Waals surface area contributed by atoms with Gasteiger partial charge in [0.2, 0.25) is 0 Å². The number of hydrogen-bond acceptors (Lipinski definition) is 12. The van der Waals surface area contributed by atoms with Gasteiger partial charge in [-0.25, -0.2) is 13.4 Å². The van der Waals surface area contributed by atoms with E-state index >= 15 is 0 Å². The Kier molecular flexibility index (Phi) is 5.13. The van der Waals surface area contributed by atoms with Gasteiger partial charge in [-0.15, -0.1) is 0 Å². The molecule has 14 nitrogen and oxygen atoms in total. The van der Waals surface area contributed by atoms with E-state index in [9.17, 15) is 34.4 Å². The molecule has 0 atom stereocenters. The van der Waals surface area contributed by atoms with Gasteiger partial charge in [-0.3, -0.25) is 14.5 Å². The summed E-state index contributed by atoms with van der Waals surface area (Å²) in [5, 5.41) is 10.2. The number of aromatic nitrogens is 1. The molecule has 37 heavy (non-hydrogen) atoms. The van der Waals surface area contributed by atoms with Crippen LogP contribution in [-0.2, 0) is 30.1 Å². The van der Waals surface area contributed by atoms with Crippen molar-refractivity contribution in [2.45, 2.75) is 21.6 Å². The highest BCUT2D eigenvalue weighted by Gasteiger charge is 2.36. The fraction of sp³-hybridized carbons (Fsp3) is 0.100. The first-order valence-corrected chi connectivity index (χ1v) is 14.8. The molecular formula is C20H16N4O10S3. The molecule has 0 fully saturated rings. The summed E-state index contributed by atoms with van der Waals surface area (Å²) in [6.07, 6.45) is 0.835. The first-order valence-electron chi connectivity index (χ1n) is 10.0. The minimum absolute atomic E-state index is 0.00631. The van der Waals surface area contributed by atoms with Crippen molar-refractivity contribution in [2.24, 2.45) is 0 Å². The van der Waals surface area contributed by atoms with Crippen LogP contribution in [0, 0.1) is 12.3 Å². The third kappa shape index (κ3) is 3.78. The predicted molar refractivity (Wildman–Crippen MR) is 128 cm³/mol. The van der Waals surface area contributed by atoms with Crippen molar-refractivity contribution in [1.82, 2.24) is 4.98 Å². The van der Waals surface area contributed by atoms with Crippen molar-refractivity contribution in [3.63, 3.8) is 0 Å². The number of benzene rings is 3. The summed E-state index contributed by atoms with van der Waals surface area (Å²) in [4.78, 5) is 2.06. The van der Waals surface area contributed by atoms with Crippen molar-refractivity contribution < 1.29 is 43.5 Å². The van der Waals surface area contributed by atoms with E-state index < -0.39 is 61.6 Å². The minimum atomic E-state index is -4.93. The normalized spacial score (nSPS) is 13.6. The average Bonchev–Trinajstić information content (AvgIpc) is 2.74. The van der Waals surface area contributed by atoms with Gasteiger partial charge in [-0.05, 0) is 31.2 Å². The lowest BCUT2D eigenvalue weighted by Crippen LogP contribution is -2.17. The Labute approximate surface area is 209 Å². The minimum Gasteiger partial charge on any atom is -0.451 e. The number of fused-ring (bicyclic) bond motifs is 4. The Hall–Kier alpha value is -3.77. The molecule has 17 heteroatoms. The van der Waals surface area contributed by atoms with Gasteiger partial charge in [-0.2, -0.15) is 16.8 Å². The zero-order valence-electron chi connectivity index (χ0n) is 18.7. The molecule has 2 heterocycles. The maximum atomic E-state index is 13.0. The Morgan fingerprint density at radius 2 is 1.59 bits per heavy atom. The fourth-order valence-electron chi connectivity index (χ4n) is 4.10. The van der Waals surface area contributed by atoms with Crippen molar-refractivity contribution >= 4 is 58.2 Å². The molecule has 0 spiro atoms. The molecule has 0 aromatic heterocycles. The number of rotatable bonds is 3. The van der Waals surface area contributed by atoms with Crippen molar-refractivity contribution in [1.29, 1.82) is 5.41 Å². The van der Waals surface area contributed by atoms with Crippen LogP contribution in [0.2, 0.25) is 0 Å². The van der Waals surface area contributed by atoms with E-state index in [1.54, 1.807) is 0 Å². The summed E-state index contributed by atoms with van der Waals surface area (Å²) >= 11 is 0. The second-order valence-corrected chi connectivity index (χ2v) is 12.8. The van der Waals surface area contributed by atoms with Crippen LogP contribution in [0.3, 0.4) is 0 Å². The fourth-order valence-corrected chi connectivity index (χ4v) is 6.55. The van der Waals surface area contributed by atoms with Gasteiger partial charge >= 0.3 is 0 Å². The van der Waals surface area contributed by atoms with Crippen LogP contribution < -0.4 is 21.1 Å². The maximum Gasteiger partial charge on any atom is 0.300 e. The highest BCUT2D eigenvalue weighted by atomic mass is 32.2. The average molecular weight is 569 g/mol. The highest BCUT2D eigenvalue weighted by Crippen LogP contribution is 2.53. The molecule has 0 saturated heterocycles. The van der Waals surface area contributed by atoms with Gasteiger partial charge in [0.05, 0.1) is 22.4 Å². The SMILES string of the molecule is Cc1c2c(c(S(C)(=O)=O)c3nc4ccc(=N)c(S(=O)(=O)O)c-4oc13)Oc1c(ccc(N)c1S(=O)(=O)O)N2. The van der Waals surface area contributed by atoms with Crippen LogP contribution in [0.25, 0.3) is 22.6 Å². The molecule has 0 bridgehead atoms. The molecule has 0 unspecified atom stereocenters. The number of nitrogen functional groups attached to an aromatic ring is 1. The molecule has 3 aliphatic rings. The third-order valence-corrected chi connectivity index (χ3v) is 8.58. The summed E-state index contributed by atoms with van der Waals surface area (Å²) in [7, 11) is -14.0. The highest BCUT2D eigenvalue weighted by molar-refractivity contribution is 7.91. The molecule has 194 valence electrons. The molecule has 0 radical (unpaired) electrons. The lowest BCUT2D eigenvalue weighted by atomic mass is 10.1. The van der Waals surface area contributed by atoms with E-state index in [4.69, 9.17) is 20.3 Å². The maximum absolute atomic E-state index is 13.0. The molecular weight excluding hydrogens is 552 g/mol. The number of anilines is 3. The molecule has 2 aromatic carbocycles. The molecule has 2 aromatic rings. The smallest absolute Gasteiger partial charge is 0.300 e. The molecule has 0 saturated carbocycles. The van der Waals surface area contributed by atoms with Gasteiger partial charge in [-0.1, -0.05) is 0 Å². The molecule has 1 aliphatic carbocycles. The molecule has 2 aliphatic heterocycles. The van der Waals surface area contributed by atoms with Gasteiger partial charge in [0.25, 0.3) is 20.2 Å². The predicted octanol–water partition coefficient (Wildman–Crippen LogP) is 2.05. The Morgan fingerprint density at radius 3 is 2.19 bits per heavy atom. The summed E-state index contributed by atoms with van der Waals surface area (Å²) in [6, 6.07) is 4.75. The first kappa shape index (κ1) is 24.9. The van der Waals surface area contributed by atoms with Crippen molar-refractivity contribution in [3.05, 3.63) is 35.2 Å². The molecule has 5 rings (SSSR count). The van der Waals surface area contributed by atoms with E-state index in [1.165, 1.54) is 25.1 Å². The van der Waals surface area contributed by atoms with E-state index in [2.05, 4.69) is 10.3 Å². The number of nitrogens with two attached hydrogens (primary N) is 1. The van der Waals surface area contributed by atoms with E-state index in [0.717, 1.165) is 12.3 Å². The summed E-state index contributed by atoms with van der Waals surface area (Å²) in [5.41, 5.74) is 4.86. The quantitative estimate of drug-likeness (QED) is 0.119. The summed E-state index contributed by atoms with van der Waals surface area (Å²) in [6.45, 7) is 1.46. The van der Waals surface area contributed by atoms with Crippen molar-refractivity contribution in [2.75, 3.05) is 17.3 Å². The van der Waals surface area contributed by atoms with Crippen LogP contribution in [0.5, 0.6) is 11.5 Å². The number of nitrogens with one attached hydrogen (secondary N) is 2. The van der Waals surface area contributed by atoms with Crippen LogP contribution in [0.4, 0.5) is 17.1 Å². The molecule has 6 N–H and O–H groups in total. The summed E-state index contributed by atoms with van der Waals surface area (Å²) in [5.74, 6) is -1.31. The topological polar surface area (TPSA) is 240 Å². The number of hydrogen-bond donors (Lipinski definition) is 5. The number of ether oxygens (including phenoxy) is 1. The first-order chi connectivity index (χ1) is 17.0. The monoisotopic (exact) mass is 568 g/mol. The standard InChI is InChI=1S/C20H16N4O10S3/c1-7-12-17(34-16-10(23-12)5-3-9(22)19(16)37(30,31)32)20(35(2,25)26)13-14(7)33-15-11(24-13)6-4-8(21)18(15)36(27,28)29/h3-6,21,23H,22H2,1-2H3,(H,27,28,29)(H,30,31,32). The Morgan fingerprint density at radius 1 is 0.946 bits per heavy atom. The van der Waals surface area contributed by atoms with Crippen LogP contribution in [-0.4, -0.2) is 45.6 Å². The summed E-state index contributed by atoms with van der Waals surface area (Å²) < 4.78 is 105. The zero-order valence-corrected chi connectivity index (χ0v) is 21.2. The lowest BCUT2D eigenvalue weighted by Gasteiger charge is -2.27. The van der Waals surface area contributed by atoms with Crippen molar-refractivity contribution in [3.8, 4) is 23.0 Å². The van der Waals surface area contributed by atoms with Crippen LogP contribution >= 0.6 is 0 Å². The number of sulfone groups is 1. The number of nitrogens with zero attached hydrogens (tertiary/aromatic N) is 1. The number of aryl methyl sites for hydroxylation is 1. The second-order valence-electron chi connectivity index (χ2n) is 8.15. The lowest BCUT2D eigenvalue weighted by molar-refractivity contribution is 0.441. The Balaban J connectivity index is 1.96. The van der Waals surface area contributed by atoms with Crippen LogP contribution in [0.15, 0.2) is 43.4 Å². The van der Waals surface area contributed by atoms with Gasteiger partial charge in [0, 0.05) is 11.8 Å². The van der Waals surface area contributed by atoms with Gasteiger partial charge in [0.1, 0.15) is 16.1 Å². The largest absolute Gasteiger partial charge is 0.451 e. The van der Waals surface area contributed by atoms with Gasteiger partial charge < -0.3 is 20.2 Å².